The molecule has 0 saturated carbocycles. The van der Waals surface area contributed by atoms with Crippen molar-refractivity contribution in [1.82, 2.24) is 10.6 Å². The average Bonchev–Trinajstić information content (AvgIpc) is 2.40. The number of aliphatic imine (C=N–C) groups is 1. The molecular weight excluding hydrogens is 351 g/mol. The molecule has 2 rings (SSSR count). The number of halogens is 1. The Balaban J connectivity index is 0.00000180. The van der Waals surface area contributed by atoms with Crippen molar-refractivity contribution in [3.05, 3.63) is 29.3 Å². The number of nitrogens with zero attached hydrogens (tertiary/aromatic N) is 2. The van der Waals surface area contributed by atoms with E-state index in [4.69, 9.17) is 0 Å². The van der Waals surface area contributed by atoms with Crippen molar-refractivity contribution >= 4 is 35.6 Å². The van der Waals surface area contributed by atoms with Crippen molar-refractivity contribution in [3.63, 3.8) is 0 Å². The van der Waals surface area contributed by atoms with E-state index in [1.807, 2.05) is 7.05 Å². The molecule has 0 aliphatic carbocycles. The van der Waals surface area contributed by atoms with Gasteiger partial charge in [0.25, 0.3) is 0 Å². The molecular formula is C14H23IN4. The van der Waals surface area contributed by atoms with Gasteiger partial charge in [-0.15, -0.1) is 24.0 Å². The lowest BCUT2D eigenvalue weighted by Gasteiger charge is -2.27. The van der Waals surface area contributed by atoms with E-state index in [-0.39, 0.29) is 24.0 Å². The topological polar surface area (TPSA) is 39.7 Å². The normalized spacial score (nSPS) is 14.5. The summed E-state index contributed by atoms with van der Waals surface area (Å²) in [5, 5.41) is 6.30. The van der Waals surface area contributed by atoms with Crippen LogP contribution in [0, 0.1) is 0 Å². The molecule has 4 nitrogen and oxygen atoms in total. The van der Waals surface area contributed by atoms with Crippen LogP contribution in [0.5, 0.6) is 0 Å². The second-order valence-corrected chi connectivity index (χ2v) is 4.66. The number of anilines is 1. The molecule has 1 heterocycles. The molecule has 5 heteroatoms. The summed E-state index contributed by atoms with van der Waals surface area (Å²) < 4.78 is 0. The number of hydrogen-bond acceptors (Lipinski definition) is 2. The van der Waals surface area contributed by atoms with Gasteiger partial charge in [-0.25, -0.2) is 0 Å². The van der Waals surface area contributed by atoms with E-state index < -0.39 is 0 Å². The minimum absolute atomic E-state index is 0. The van der Waals surface area contributed by atoms with E-state index in [1.54, 1.807) is 7.05 Å². The predicted octanol–water partition coefficient (Wildman–Crippen LogP) is 1.98. The van der Waals surface area contributed by atoms with Gasteiger partial charge in [-0.3, -0.25) is 4.99 Å². The third-order valence-corrected chi connectivity index (χ3v) is 3.42. The van der Waals surface area contributed by atoms with Crippen LogP contribution in [0.2, 0.25) is 0 Å². The highest BCUT2D eigenvalue weighted by molar-refractivity contribution is 14.0. The summed E-state index contributed by atoms with van der Waals surface area (Å²) in [6.45, 7) is 1.97. The van der Waals surface area contributed by atoms with E-state index in [2.05, 4.69) is 45.8 Å². The van der Waals surface area contributed by atoms with Gasteiger partial charge in [0.15, 0.2) is 5.96 Å². The summed E-state index contributed by atoms with van der Waals surface area (Å²) in [6, 6.07) is 6.73. The summed E-state index contributed by atoms with van der Waals surface area (Å²) in [5.41, 5.74) is 4.14. The largest absolute Gasteiger partial charge is 0.374 e. The fraction of sp³-hybridized carbons (Fsp3) is 0.500. The summed E-state index contributed by atoms with van der Waals surface area (Å²) in [7, 11) is 5.82. The highest BCUT2D eigenvalue weighted by atomic mass is 127. The molecule has 0 spiro atoms. The molecule has 0 aromatic heterocycles. The smallest absolute Gasteiger partial charge is 0.190 e. The molecule has 1 aromatic rings. The van der Waals surface area contributed by atoms with Crippen molar-refractivity contribution in [2.45, 2.75) is 19.4 Å². The lowest BCUT2D eigenvalue weighted by molar-refractivity contribution is 0.741. The van der Waals surface area contributed by atoms with E-state index >= 15 is 0 Å². The number of benzene rings is 1. The lowest BCUT2D eigenvalue weighted by Crippen LogP contribution is -2.34. The van der Waals surface area contributed by atoms with Crippen molar-refractivity contribution < 1.29 is 0 Å². The molecule has 1 aromatic carbocycles. The van der Waals surface area contributed by atoms with Gasteiger partial charge in [-0.2, -0.15) is 0 Å². The zero-order chi connectivity index (χ0) is 13.0. The Labute approximate surface area is 132 Å². The molecule has 19 heavy (non-hydrogen) atoms. The van der Waals surface area contributed by atoms with Crippen LogP contribution in [0.4, 0.5) is 5.69 Å². The molecule has 0 saturated heterocycles. The van der Waals surface area contributed by atoms with Crippen molar-refractivity contribution in [2.75, 3.05) is 32.6 Å². The standard InChI is InChI=1S/C14H22N4.HI/c1-15-14(16-2)17-10-11-6-7-13-12(9-11)5-4-8-18(13)3;/h6-7,9H,4-5,8,10H2,1-3H3,(H2,15,16,17);1H. The summed E-state index contributed by atoms with van der Waals surface area (Å²) in [5.74, 6) is 0.824. The van der Waals surface area contributed by atoms with Gasteiger partial charge in [0.1, 0.15) is 0 Å². The van der Waals surface area contributed by atoms with Gasteiger partial charge in [0, 0.05) is 39.9 Å². The first-order valence-electron chi connectivity index (χ1n) is 6.46. The first-order valence-corrected chi connectivity index (χ1v) is 6.46. The van der Waals surface area contributed by atoms with Crippen molar-refractivity contribution in [2.24, 2.45) is 4.99 Å². The van der Waals surface area contributed by atoms with Gasteiger partial charge in [0.2, 0.25) is 0 Å². The monoisotopic (exact) mass is 374 g/mol. The first kappa shape index (κ1) is 16.1. The molecule has 106 valence electrons. The molecule has 1 aliphatic heterocycles. The Morgan fingerprint density at radius 3 is 2.89 bits per heavy atom. The van der Waals surface area contributed by atoms with E-state index in [9.17, 15) is 0 Å². The van der Waals surface area contributed by atoms with Crippen LogP contribution in [-0.4, -0.2) is 33.6 Å². The summed E-state index contributed by atoms with van der Waals surface area (Å²) in [4.78, 5) is 6.44. The van der Waals surface area contributed by atoms with Crippen LogP contribution in [0.15, 0.2) is 23.2 Å². The number of aryl methyl sites for hydroxylation is 1. The molecule has 0 amide bonds. The van der Waals surface area contributed by atoms with E-state index in [0.29, 0.717) is 0 Å². The second-order valence-electron chi connectivity index (χ2n) is 4.66. The third-order valence-electron chi connectivity index (χ3n) is 3.42. The molecule has 0 radical (unpaired) electrons. The minimum Gasteiger partial charge on any atom is -0.374 e. The Hall–Kier alpha value is -0.980. The summed E-state index contributed by atoms with van der Waals surface area (Å²) in [6.07, 6.45) is 2.44. The maximum Gasteiger partial charge on any atom is 0.190 e. The van der Waals surface area contributed by atoms with Crippen molar-refractivity contribution in [1.29, 1.82) is 0 Å². The molecule has 0 bridgehead atoms. The zero-order valence-electron chi connectivity index (χ0n) is 11.9. The highest BCUT2D eigenvalue weighted by Gasteiger charge is 2.13. The van der Waals surface area contributed by atoms with Crippen LogP contribution in [-0.2, 0) is 13.0 Å². The number of guanidine groups is 1. The molecule has 0 fully saturated rings. The van der Waals surface area contributed by atoms with Crippen LogP contribution in [0.25, 0.3) is 0 Å². The fourth-order valence-electron chi connectivity index (χ4n) is 2.41. The van der Waals surface area contributed by atoms with Gasteiger partial charge in [-0.05, 0) is 30.0 Å². The Bertz CT molecular complexity index is 445. The Kier molecular flexibility index (Phi) is 6.41. The number of nitrogens with one attached hydrogen (secondary N) is 2. The average molecular weight is 374 g/mol. The minimum atomic E-state index is 0. The predicted molar refractivity (Wildman–Crippen MR) is 92.7 cm³/mol. The molecule has 2 N–H and O–H groups in total. The van der Waals surface area contributed by atoms with Crippen LogP contribution in [0.3, 0.4) is 0 Å². The van der Waals surface area contributed by atoms with Crippen molar-refractivity contribution in [3.8, 4) is 0 Å². The number of fused-ring (bicyclic) bond motifs is 1. The summed E-state index contributed by atoms with van der Waals surface area (Å²) >= 11 is 0. The SMILES string of the molecule is CN=C(NC)NCc1ccc2c(c1)CCCN2C.I. The maximum absolute atomic E-state index is 4.11. The van der Waals surface area contributed by atoms with Crippen LogP contribution in [0.1, 0.15) is 17.5 Å². The number of hydrogen-bond donors (Lipinski definition) is 2. The number of rotatable bonds is 2. The lowest BCUT2D eigenvalue weighted by atomic mass is 9.99. The van der Waals surface area contributed by atoms with Gasteiger partial charge in [0.05, 0.1) is 0 Å². The third kappa shape index (κ3) is 3.99. The maximum atomic E-state index is 4.11. The van der Waals surface area contributed by atoms with E-state index in [0.717, 1.165) is 19.0 Å². The zero-order valence-corrected chi connectivity index (χ0v) is 14.2. The van der Waals surface area contributed by atoms with Crippen LogP contribution < -0.4 is 15.5 Å². The molecule has 0 unspecified atom stereocenters. The Morgan fingerprint density at radius 1 is 1.42 bits per heavy atom. The first-order chi connectivity index (χ1) is 8.74. The highest BCUT2D eigenvalue weighted by Crippen LogP contribution is 2.26. The van der Waals surface area contributed by atoms with Gasteiger partial charge in [-0.1, -0.05) is 12.1 Å². The second kappa shape index (κ2) is 7.57. The molecule has 1 aliphatic rings. The van der Waals surface area contributed by atoms with Crippen LogP contribution >= 0.6 is 24.0 Å². The quantitative estimate of drug-likeness (QED) is 0.473. The van der Waals surface area contributed by atoms with Gasteiger partial charge < -0.3 is 15.5 Å². The van der Waals surface area contributed by atoms with E-state index in [1.165, 1.54) is 29.7 Å². The molecule has 0 atom stereocenters. The fourth-order valence-corrected chi connectivity index (χ4v) is 2.41. The van der Waals surface area contributed by atoms with Gasteiger partial charge >= 0.3 is 0 Å². The Morgan fingerprint density at radius 2 is 2.21 bits per heavy atom.